The molecule has 0 aliphatic heterocycles. The molecule has 0 amide bonds. The largest absolute Gasteiger partial charge is 0.398 e. The minimum absolute atomic E-state index is 0.0701. The highest BCUT2D eigenvalue weighted by Crippen LogP contribution is 2.20. The number of nitrogens with two attached hydrogens (primary N) is 1. The van der Waals surface area contributed by atoms with Gasteiger partial charge in [0.25, 0.3) is 0 Å². The standard InChI is InChI=1S/C11H13NOS/c1-8(13)11(14-2)7-9-5-3-4-6-10(9)12/h3-7H,12H2,1-2H3/b11-7-. The Morgan fingerprint density at radius 2 is 2.07 bits per heavy atom. The number of nitrogen functional groups attached to an aromatic ring is 1. The van der Waals surface area contributed by atoms with E-state index in [0.29, 0.717) is 5.69 Å². The van der Waals surface area contributed by atoms with Gasteiger partial charge in [-0.1, -0.05) is 18.2 Å². The summed E-state index contributed by atoms with van der Waals surface area (Å²) in [6.45, 7) is 1.56. The van der Waals surface area contributed by atoms with Crippen LogP contribution in [0.3, 0.4) is 0 Å². The molecule has 0 radical (unpaired) electrons. The number of ketones is 1. The summed E-state index contributed by atoms with van der Waals surface area (Å²) >= 11 is 1.44. The van der Waals surface area contributed by atoms with Crippen LogP contribution < -0.4 is 5.73 Å². The molecule has 0 atom stereocenters. The molecule has 0 saturated heterocycles. The maximum absolute atomic E-state index is 11.2. The van der Waals surface area contributed by atoms with E-state index in [1.165, 1.54) is 11.8 Å². The Bertz CT molecular complexity index is 371. The van der Waals surface area contributed by atoms with Gasteiger partial charge in [0, 0.05) is 5.69 Å². The van der Waals surface area contributed by atoms with Gasteiger partial charge in [0.1, 0.15) is 0 Å². The maximum Gasteiger partial charge on any atom is 0.166 e. The molecule has 0 fully saturated rings. The molecule has 0 heterocycles. The minimum atomic E-state index is 0.0701. The molecule has 1 rings (SSSR count). The normalized spacial score (nSPS) is 11.4. The minimum Gasteiger partial charge on any atom is -0.398 e. The summed E-state index contributed by atoms with van der Waals surface area (Å²) in [4.78, 5) is 11.9. The van der Waals surface area contributed by atoms with Gasteiger partial charge in [0.05, 0.1) is 4.91 Å². The summed E-state index contributed by atoms with van der Waals surface area (Å²) in [5, 5.41) is 0. The Morgan fingerprint density at radius 3 is 2.57 bits per heavy atom. The molecule has 0 aliphatic carbocycles. The molecule has 0 saturated carbocycles. The summed E-state index contributed by atoms with van der Waals surface area (Å²) in [7, 11) is 0. The summed E-state index contributed by atoms with van der Waals surface area (Å²) < 4.78 is 0. The molecule has 0 aliphatic rings. The van der Waals surface area contributed by atoms with Crippen LogP contribution in [0.5, 0.6) is 0 Å². The summed E-state index contributed by atoms with van der Waals surface area (Å²) in [5.74, 6) is 0.0701. The fraction of sp³-hybridized carbons (Fsp3) is 0.182. The Kier molecular flexibility index (Phi) is 3.77. The number of rotatable bonds is 3. The number of thioether (sulfide) groups is 1. The third-order valence-corrected chi connectivity index (χ3v) is 2.69. The van der Waals surface area contributed by atoms with Crippen molar-refractivity contribution >= 4 is 29.3 Å². The lowest BCUT2D eigenvalue weighted by molar-refractivity contribution is -0.112. The Hall–Kier alpha value is -1.22. The van der Waals surface area contributed by atoms with Crippen molar-refractivity contribution in [2.75, 3.05) is 12.0 Å². The number of carbonyl (C=O) groups excluding carboxylic acids is 1. The first-order valence-electron chi connectivity index (χ1n) is 4.26. The van der Waals surface area contributed by atoms with Gasteiger partial charge >= 0.3 is 0 Å². The van der Waals surface area contributed by atoms with Gasteiger partial charge in [-0.3, -0.25) is 4.79 Å². The molecule has 74 valence electrons. The SMILES string of the molecule is CS/C(=C\c1ccccc1N)C(C)=O. The number of hydrogen-bond donors (Lipinski definition) is 1. The lowest BCUT2D eigenvalue weighted by atomic mass is 10.1. The van der Waals surface area contributed by atoms with Crippen LogP contribution in [0.1, 0.15) is 12.5 Å². The number of Topliss-reactive ketones (excluding diaryl/α,β-unsaturated/α-hetero) is 1. The molecular formula is C11H13NOS. The molecule has 0 bridgehead atoms. The topological polar surface area (TPSA) is 43.1 Å². The second-order valence-electron chi connectivity index (χ2n) is 2.90. The van der Waals surface area contributed by atoms with Gasteiger partial charge in [0.2, 0.25) is 0 Å². The number of hydrogen-bond acceptors (Lipinski definition) is 3. The number of anilines is 1. The van der Waals surface area contributed by atoms with Crippen LogP contribution in [-0.2, 0) is 4.79 Å². The Labute approximate surface area is 88.2 Å². The van der Waals surface area contributed by atoms with E-state index in [2.05, 4.69) is 0 Å². The average Bonchev–Trinajstić information content (AvgIpc) is 2.16. The van der Waals surface area contributed by atoms with Crippen LogP contribution in [-0.4, -0.2) is 12.0 Å². The summed E-state index contributed by atoms with van der Waals surface area (Å²) in [6, 6.07) is 7.50. The number of benzene rings is 1. The predicted octanol–water partition coefficient (Wildman–Crippen LogP) is 2.56. The smallest absolute Gasteiger partial charge is 0.166 e. The number of para-hydroxylation sites is 1. The molecular weight excluding hydrogens is 194 g/mol. The lowest BCUT2D eigenvalue weighted by Gasteiger charge is -2.02. The van der Waals surface area contributed by atoms with Crippen molar-refractivity contribution < 1.29 is 4.79 Å². The van der Waals surface area contributed by atoms with Crippen LogP contribution in [0.15, 0.2) is 29.2 Å². The van der Waals surface area contributed by atoms with Gasteiger partial charge in [0.15, 0.2) is 5.78 Å². The zero-order chi connectivity index (χ0) is 10.6. The monoisotopic (exact) mass is 207 g/mol. The highest BCUT2D eigenvalue weighted by Gasteiger charge is 2.02. The average molecular weight is 207 g/mol. The third kappa shape index (κ3) is 2.64. The van der Waals surface area contributed by atoms with Crippen molar-refractivity contribution in [3.05, 3.63) is 34.7 Å². The molecule has 0 unspecified atom stereocenters. The van der Waals surface area contributed by atoms with E-state index >= 15 is 0 Å². The van der Waals surface area contributed by atoms with E-state index in [1.54, 1.807) is 6.92 Å². The fourth-order valence-corrected chi connectivity index (χ4v) is 1.62. The van der Waals surface area contributed by atoms with Crippen molar-refractivity contribution in [2.24, 2.45) is 0 Å². The van der Waals surface area contributed by atoms with Gasteiger partial charge in [-0.25, -0.2) is 0 Å². The molecule has 0 spiro atoms. The quantitative estimate of drug-likeness (QED) is 0.612. The van der Waals surface area contributed by atoms with E-state index in [1.807, 2.05) is 36.6 Å². The lowest BCUT2D eigenvalue weighted by Crippen LogP contribution is -1.93. The highest BCUT2D eigenvalue weighted by molar-refractivity contribution is 8.03. The van der Waals surface area contributed by atoms with Crippen molar-refractivity contribution in [2.45, 2.75) is 6.92 Å². The van der Waals surface area contributed by atoms with E-state index in [9.17, 15) is 4.79 Å². The van der Waals surface area contributed by atoms with Crippen LogP contribution in [0.4, 0.5) is 5.69 Å². The molecule has 2 nitrogen and oxygen atoms in total. The van der Waals surface area contributed by atoms with Crippen LogP contribution in [0.25, 0.3) is 6.08 Å². The molecule has 14 heavy (non-hydrogen) atoms. The molecule has 3 heteroatoms. The zero-order valence-electron chi connectivity index (χ0n) is 8.28. The van der Waals surface area contributed by atoms with E-state index < -0.39 is 0 Å². The van der Waals surface area contributed by atoms with Crippen molar-refractivity contribution in [3.8, 4) is 0 Å². The first-order valence-corrected chi connectivity index (χ1v) is 5.48. The van der Waals surface area contributed by atoms with Gasteiger partial charge in [-0.15, -0.1) is 11.8 Å². The Morgan fingerprint density at radius 1 is 1.43 bits per heavy atom. The van der Waals surface area contributed by atoms with E-state index in [0.717, 1.165) is 10.5 Å². The van der Waals surface area contributed by atoms with E-state index in [4.69, 9.17) is 5.73 Å². The molecule has 1 aromatic carbocycles. The second kappa shape index (κ2) is 4.86. The number of allylic oxidation sites excluding steroid dienone is 1. The fourth-order valence-electron chi connectivity index (χ4n) is 1.09. The summed E-state index contributed by atoms with van der Waals surface area (Å²) in [5.41, 5.74) is 7.35. The molecule has 1 aromatic rings. The van der Waals surface area contributed by atoms with Gasteiger partial charge in [-0.05, 0) is 30.9 Å². The van der Waals surface area contributed by atoms with Crippen LogP contribution in [0.2, 0.25) is 0 Å². The van der Waals surface area contributed by atoms with Gasteiger partial charge < -0.3 is 5.73 Å². The zero-order valence-corrected chi connectivity index (χ0v) is 9.10. The predicted molar refractivity (Wildman–Crippen MR) is 63.0 cm³/mol. The second-order valence-corrected chi connectivity index (χ2v) is 3.75. The van der Waals surface area contributed by atoms with Gasteiger partial charge in [-0.2, -0.15) is 0 Å². The summed E-state index contributed by atoms with van der Waals surface area (Å²) in [6.07, 6.45) is 3.70. The highest BCUT2D eigenvalue weighted by atomic mass is 32.2. The van der Waals surface area contributed by atoms with Crippen molar-refractivity contribution in [3.63, 3.8) is 0 Å². The van der Waals surface area contributed by atoms with Crippen LogP contribution in [0, 0.1) is 0 Å². The van der Waals surface area contributed by atoms with Crippen molar-refractivity contribution in [1.29, 1.82) is 0 Å². The Balaban J connectivity index is 3.07. The number of carbonyl (C=O) groups is 1. The first-order chi connectivity index (χ1) is 6.65. The van der Waals surface area contributed by atoms with E-state index in [-0.39, 0.29) is 5.78 Å². The van der Waals surface area contributed by atoms with Crippen LogP contribution >= 0.6 is 11.8 Å². The van der Waals surface area contributed by atoms with Crippen molar-refractivity contribution in [1.82, 2.24) is 0 Å². The third-order valence-electron chi connectivity index (χ3n) is 1.85. The molecule has 2 N–H and O–H groups in total. The molecule has 0 aromatic heterocycles. The first kappa shape index (κ1) is 10.9. The maximum atomic E-state index is 11.2.